The van der Waals surface area contributed by atoms with E-state index < -0.39 is 15.2 Å². The standard InChI is InChI=1S/C16H14FN3O2S2/c17-15-6-7-16(23-15)24(21,22)19-14-8-13(14)11-9-18-20(10-11)12-4-2-1-3-5-12/h1-7,9-10,13-14,19H,8H2/t13-,14+/m0/s1. The van der Waals surface area contributed by atoms with Gasteiger partial charge in [-0.15, -0.1) is 0 Å². The minimum Gasteiger partial charge on any atom is -0.241 e. The number of hydrogen-bond acceptors (Lipinski definition) is 4. The molecule has 1 aliphatic carbocycles. The molecule has 1 aromatic carbocycles. The van der Waals surface area contributed by atoms with Crippen molar-refractivity contribution in [3.8, 4) is 5.69 Å². The minimum atomic E-state index is -3.66. The van der Waals surface area contributed by atoms with E-state index in [0.717, 1.165) is 17.3 Å². The van der Waals surface area contributed by atoms with Crippen LogP contribution in [0.25, 0.3) is 5.69 Å². The zero-order valence-corrected chi connectivity index (χ0v) is 14.1. The van der Waals surface area contributed by atoms with Crippen molar-refractivity contribution in [3.63, 3.8) is 0 Å². The topological polar surface area (TPSA) is 64.0 Å². The van der Waals surface area contributed by atoms with Crippen LogP contribution < -0.4 is 4.72 Å². The second kappa shape index (κ2) is 5.80. The van der Waals surface area contributed by atoms with Gasteiger partial charge in [0, 0.05) is 18.2 Å². The summed E-state index contributed by atoms with van der Waals surface area (Å²) in [5.74, 6) is 0.0991. The Morgan fingerprint density at radius 3 is 2.71 bits per heavy atom. The quantitative estimate of drug-likeness (QED) is 0.758. The van der Waals surface area contributed by atoms with Crippen molar-refractivity contribution in [1.29, 1.82) is 0 Å². The number of nitrogens with zero attached hydrogens (tertiary/aromatic N) is 2. The Balaban J connectivity index is 1.46. The first kappa shape index (κ1) is 15.5. The van der Waals surface area contributed by atoms with Crippen LogP contribution in [0.5, 0.6) is 0 Å². The molecule has 24 heavy (non-hydrogen) atoms. The van der Waals surface area contributed by atoms with Crippen LogP contribution in [0, 0.1) is 5.13 Å². The van der Waals surface area contributed by atoms with Crippen LogP contribution in [0.2, 0.25) is 0 Å². The molecule has 0 radical (unpaired) electrons. The fourth-order valence-electron chi connectivity index (χ4n) is 2.64. The third kappa shape index (κ3) is 3.00. The molecule has 124 valence electrons. The molecule has 8 heteroatoms. The fraction of sp³-hybridized carbons (Fsp3) is 0.188. The van der Waals surface area contributed by atoms with Gasteiger partial charge in [-0.05, 0) is 36.2 Å². The van der Waals surface area contributed by atoms with Gasteiger partial charge in [0.2, 0.25) is 10.0 Å². The fourth-order valence-corrected chi connectivity index (χ4v) is 4.95. The summed E-state index contributed by atoms with van der Waals surface area (Å²) in [6, 6.07) is 12.0. The smallest absolute Gasteiger partial charge is 0.241 e. The molecule has 5 nitrogen and oxygen atoms in total. The van der Waals surface area contributed by atoms with Gasteiger partial charge >= 0.3 is 0 Å². The molecule has 0 aliphatic heterocycles. The van der Waals surface area contributed by atoms with Crippen molar-refractivity contribution in [1.82, 2.24) is 14.5 Å². The van der Waals surface area contributed by atoms with Gasteiger partial charge < -0.3 is 0 Å². The third-order valence-corrected chi connectivity index (χ3v) is 6.82. The summed E-state index contributed by atoms with van der Waals surface area (Å²) >= 11 is 0.629. The van der Waals surface area contributed by atoms with Crippen molar-refractivity contribution >= 4 is 21.4 Å². The Morgan fingerprint density at radius 1 is 1.21 bits per heavy atom. The Kier molecular flexibility index (Phi) is 3.75. The van der Waals surface area contributed by atoms with E-state index in [1.807, 2.05) is 36.5 Å². The number of rotatable bonds is 5. The maximum atomic E-state index is 13.0. The number of thiophene rings is 1. The highest BCUT2D eigenvalue weighted by atomic mass is 32.2. The lowest BCUT2D eigenvalue weighted by Gasteiger charge is -2.03. The molecule has 1 saturated carbocycles. The van der Waals surface area contributed by atoms with Gasteiger partial charge in [0.05, 0.1) is 11.9 Å². The highest BCUT2D eigenvalue weighted by Gasteiger charge is 2.42. The summed E-state index contributed by atoms with van der Waals surface area (Å²) in [6.07, 6.45) is 4.39. The van der Waals surface area contributed by atoms with E-state index >= 15 is 0 Å². The van der Waals surface area contributed by atoms with Crippen molar-refractivity contribution in [2.45, 2.75) is 22.6 Å². The second-order valence-electron chi connectivity index (χ2n) is 5.68. The molecule has 0 spiro atoms. The number of benzene rings is 1. The van der Waals surface area contributed by atoms with Crippen LogP contribution >= 0.6 is 11.3 Å². The Hall–Kier alpha value is -2.03. The van der Waals surface area contributed by atoms with Gasteiger partial charge in [-0.1, -0.05) is 29.5 Å². The third-order valence-electron chi connectivity index (χ3n) is 3.96. The normalized spacial score (nSPS) is 20.2. The zero-order chi connectivity index (χ0) is 16.7. The lowest BCUT2D eigenvalue weighted by atomic mass is 10.2. The van der Waals surface area contributed by atoms with Crippen LogP contribution in [0.15, 0.2) is 59.1 Å². The number of sulfonamides is 1. The van der Waals surface area contributed by atoms with Gasteiger partial charge in [0.1, 0.15) is 4.21 Å². The lowest BCUT2D eigenvalue weighted by molar-refractivity contribution is 0.582. The van der Waals surface area contributed by atoms with Gasteiger partial charge in [-0.2, -0.15) is 9.49 Å². The molecule has 2 atom stereocenters. The second-order valence-corrected chi connectivity index (χ2v) is 8.66. The summed E-state index contributed by atoms with van der Waals surface area (Å²) in [7, 11) is -3.66. The molecule has 0 saturated heterocycles. The van der Waals surface area contributed by atoms with Crippen LogP contribution in [0.3, 0.4) is 0 Å². The number of aromatic nitrogens is 2. The Labute approximate surface area is 142 Å². The molecular formula is C16H14FN3O2S2. The monoisotopic (exact) mass is 363 g/mol. The van der Waals surface area contributed by atoms with E-state index in [0.29, 0.717) is 17.8 Å². The van der Waals surface area contributed by atoms with Gasteiger partial charge in [-0.3, -0.25) is 0 Å². The zero-order valence-electron chi connectivity index (χ0n) is 12.5. The molecule has 1 fully saturated rings. The lowest BCUT2D eigenvalue weighted by Crippen LogP contribution is -2.26. The Bertz CT molecular complexity index is 966. The molecule has 2 heterocycles. The highest BCUT2D eigenvalue weighted by molar-refractivity contribution is 7.91. The summed E-state index contributed by atoms with van der Waals surface area (Å²) in [5, 5.41) is 3.82. The van der Waals surface area contributed by atoms with E-state index in [-0.39, 0.29) is 16.2 Å². The maximum Gasteiger partial charge on any atom is 0.250 e. The molecule has 1 aliphatic rings. The van der Waals surface area contributed by atoms with Gasteiger partial charge in [0.15, 0.2) is 5.13 Å². The average molecular weight is 363 g/mol. The molecule has 1 N–H and O–H groups in total. The molecular weight excluding hydrogens is 349 g/mol. The molecule has 2 aromatic heterocycles. The van der Waals surface area contributed by atoms with Crippen LogP contribution in [0.4, 0.5) is 4.39 Å². The van der Waals surface area contributed by atoms with Crippen LogP contribution in [-0.4, -0.2) is 24.2 Å². The van der Waals surface area contributed by atoms with Crippen molar-refractivity contribution in [3.05, 3.63) is 65.6 Å². The van der Waals surface area contributed by atoms with Crippen molar-refractivity contribution in [2.24, 2.45) is 0 Å². The van der Waals surface area contributed by atoms with Crippen LogP contribution in [-0.2, 0) is 10.0 Å². The number of hydrogen-bond donors (Lipinski definition) is 1. The first-order valence-electron chi connectivity index (χ1n) is 7.40. The SMILES string of the molecule is O=S(=O)(N[C@@H]1C[C@H]1c1cnn(-c2ccccc2)c1)c1ccc(F)s1. The van der Waals surface area contributed by atoms with Crippen molar-refractivity contribution in [2.75, 3.05) is 0 Å². The first-order valence-corrected chi connectivity index (χ1v) is 9.70. The van der Waals surface area contributed by atoms with E-state index in [1.54, 1.807) is 10.9 Å². The summed E-state index contributed by atoms with van der Waals surface area (Å²) in [6.45, 7) is 0. The number of halogens is 1. The van der Waals surface area contributed by atoms with E-state index in [2.05, 4.69) is 9.82 Å². The highest BCUT2D eigenvalue weighted by Crippen LogP contribution is 2.41. The minimum absolute atomic E-state index is 0.00521. The summed E-state index contributed by atoms with van der Waals surface area (Å²) in [5.41, 5.74) is 1.94. The van der Waals surface area contributed by atoms with E-state index in [1.165, 1.54) is 6.07 Å². The average Bonchev–Trinajstić information content (AvgIpc) is 2.99. The molecule has 0 amide bonds. The van der Waals surface area contributed by atoms with Crippen molar-refractivity contribution < 1.29 is 12.8 Å². The number of para-hydroxylation sites is 1. The molecule has 4 rings (SSSR count). The summed E-state index contributed by atoms with van der Waals surface area (Å²) < 4.78 is 41.9. The molecule has 0 unspecified atom stereocenters. The van der Waals surface area contributed by atoms with Gasteiger partial charge in [0.25, 0.3) is 0 Å². The molecule has 3 aromatic rings. The maximum absolute atomic E-state index is 13.0. The van der Waals surface area contributed by atoms with Crippen LogP contribution in [0.1, 0.15) is 17.9 Å². The Morgan fingerprint density at radius 2 is 2.00 bits per heavy atom. The predicted molar refractivity (Wildman–Crippen MR) is 89.3 cm³/mol. The number of nitrogens with one attached hydrogen (secondary N) is 1. The first-order chi connectivity index (χ1) is 11.5. The van der Waals surface area contributed by atoms with Gasteiger partial charge in [-0.25, -0.2) is 17.8 Å². The summed E-state index contributed by atoms with van der Waals surface area (Å²) in [4.78, 5) is 0. The molecule has 0 bridgehead atoms. The largest absolute Gasteiger partial charge is 0.250 e. The predicted octanol–water partition coefficient (Wildman–Crippen LogP) is 2.91. The van der Waals surface area contributed by atoms with E-state index in [9.17, 15) is 12.8 Å². The van der Waals surface area contributed by atoms with E-state index in [4.69, 9.17) is 0 Å².